The van der Waals surface area contributed by atoms with Crippen LogP contribution >= 0.6 is 0 Å². The molecule has 6 nitrogen and oxygen atoms in total. The van der Waals surface area contributed by atoms with Crippen LogP contribution < -0.4 is 0 Å². The van der Waals surface area contributed by atoms with Gasteiger partial charge in [-0.05, 0) is 27.7 Å². The number of likely N-dealkylation sites (N-methyl/N-ethyl adjacent to an activating group) is 1. The third-order valence-corrected chi connectivity index (χ3v) is 2.35. The number of ether oxygens (including phenoxy) is 1. The number of carboxylic acids is 1. The molecule has 0 radical (unpaired) electrons. The Morgan fingerprint density at radius 3 is 2.06 bits per heavy atom. The molecule has 1 N–H and O–H groups in total. The van der Waals surface area contributed by atoms with E-state index in [0.717, 1.165) is 4.90 Å². The third kappa shape index (κ3) is 4.05. The minimum Gasteiger partial charge on any atom is -0.479 e. The van der Waals surface area contributed by atoms with E-state index in [9.17, 15) is 14.4 Å². The van der Waals surface area contributed by atoms with Crippen molar-refractivity contribution in [1.82, 2.24) is 4.90 Å². The van der Waals surface area contributed by atoms with Gasteiger partial charge in [-0.1, -0.05) is 0 Å². The molecular weight excluding hydrogens is 226 g/mol. The normalized spacial score (nSPS) is 14.6. The molecule has 0 fully saturated rings. The summed E-state index contributed by atoms with van der Waals surface area (Å²) >= 11 is 0. The molecule has 17 heavy (non-hydrogen) atoms. The minimum atomic E-state index is -1.59. The minimum absolute atomic E-state index is 0.294. The van der Waals surface area contributed by atoms with E-state index in [-0.39, 0.29) is 6.42 Å². The number of hydrogen-bond acceptors (Lipinski definition) is 4. The van der Waals surface area contributed by atoms with Crippen LogP contribution in [0.5, 0.6) is 0 Å². The van der Waals surface area contributed by atoms with E-state index in [4.69, 9.17) is 9.84 Å². The lowest BCUT2D eigenvalue weighted by Crippen LogP contribution is -2.54. The highest BCUT2D eigenvalue weighted by molar-refractivity contribution is 5.86. The first-order valence-corrected chi connectivity index (χ1v) is 5.18. The Morgan fingerprint density at radius 1 is 1.29 bits per heavy atom. The summed E-state index contributed by atoms with van der Waals surface area (Å²) in [6, 6.07) is 0. The first kappa shape index (κ1) is 15.4. The fourth-order valence-electron chi connectivity index (χ4n) is 1.06. The van der Waals surface area contributed by atoms with E-state index in [1.54, 1.807) is 20.8 Å². The van der Waals surface area contributed by atoms with Gasteiger partial charge in [0.15, 0.2) is 0 Å². The summed E-state index contributed by atoms with van der Waals surface area (Å²) in [4.78, 5) is 34.2. The van der Waals surface area contributed by atoms with Crippen LogP contribution in [0.2, 0.25) is 0 Å². The number of nitrogens with zero attached hydrogens (tertiary/aromatic N) is 1. The Bertz CT molecular complexity index is 320. The van der Waals surface area contributed by atoms with Crippen molar-refractivity contribution in [2.24, 2.45) is 0 Å². The molecule has 1 amide bonds. The number of hydrogen-bond donors (Lipinski definition) is 1. The van der Waals surface area contributed by atoms with E-state index in [1.807, 2.05) is 0 Å². The molecule has 0 unspecified atom stereocenters. The molecule has 0 aromatic heterocycles. The lowest BCUT2D eigenvalue weighted by Gasteiger charge is -2.34. The zero-order valence-electron chi connectivity index (χ0n) is 10.8. The molecule has 0 bridgehead atoms. The van der Waals surface area contributed by atoms with Gasteiger partial charge in [0.1, 0.15) is 17.4 Å². The van der Waals surface area contributed by atoms with Gasteiger partial charge in [0.05, 0.1) is 0 Å². The molecule has 0 spiro atoms. The predicted octanol–water partition coefficient (Wildman–Crippen LogP) is 1.29. The van der Waals surface area contributed by atoms with Crippen LogP contribution in [0.15, 0.2) is 0 Å². The van der Waals surface area contributed by atoms with Crippen molar-refractivity contribution in [2.75, 3.05) is 7.05 Å². The van der Waals surface area contributed by atoms with Crippen molar-refractivity contribution >= 4 is 18.3 Å². The summed E-state index contributed by atoms with van der Waals surface area (Å²) in [5.41, 5.74) is -2.31. The largest absolute Gasteiger partial charge is 0.479 e. The fraction of sp³-hybridized carbons (Fsp3) is 0.727. The van der Waals surface area contributed by atoms with E-state index >= 15 is 0 Å². The quantitative estimate of drug-likeness (QED) is 0.754. The standard InChI is InChI=1S/C11H19NO5/c1-10(2,3)17-9(16)12(5)11(4,6-7-13)8(14)15/h7H,6H2,1-5H3,(H,14,15)/t11-/m1/s1. The van der Waals surface area contributed by atoms with Crippen LogP contribution in [0.4, 0.5) is 4.79 Å². The van der Waals surface area contributed by atoms with Crippen molar-refractivity contribution in [3.63, 3.8) is 0 Å². The Morgan fingerprint density at radius 2 is 1.76 bits per heavy atom. The highest BCUT2D eigenvalue weighted by Crippen LogP contribution is 2.20. The summed E-state index contributed by atoms with van der Waals surface area (Å²) in [6.45, 7) is 6.33. The number of aliphatic carboxylic acids is 1. The smallest absolute Gasteiger partial charge is 0.410 e. The van der Waals surface area contributed by atoms with Crippen molar-refractivity contribution in [2.45, 2.75) is 45.3 Å². The average molecular weight is 245 g/mol. The molecule has 0 saturated heterocycles. The van der Waals surface area contributed by atoms with Crippen LogP contribution in [0.25, 0.3) is 0 Å². The van der Waals surface area contributed by atoms with Crippen molar-refractivity contribution in [3.05, 3.63) is 0 Å². The second-order valence-corrected chi connectivity index (χ2v) is 4.99. The molecule has 0 heterocycles. The van der Waals surface area contributed by atoms with Gasteiger partial charge in [-0.3, -0.25) is 4.90 Å². The second-order valence-electron chi connectivity index (χ2n) is 4.99. The maximum Gasteiger partial charge on any atom is 0.410 e. The number of carboxylic acid groups (broad SMARTS) is 1. The van der Waals surface area contributed by atoms with E-state index < -0.39 is 23.2 Å². The topological polar surface area (TPSA) is 83.9 Å². The summed E-state index contributed by atoms with van der Waals surface area (Å²) in [6.07, 6.45) is -0.600. The SMILES string of the molecule is CN(C(=O)OC(C)(C)C)[C@](C)(CC=O)C(=O)O. The average Bonchev–Trinajstić information content (AvgIpc) is 2.13. The van der Waals surface area contributed by atoms with Gasteiger partial charge in [-0.25, -0.2) is 9.59 Å². The first-order valence-electron chi connectivity index (χ1n) is 5.18. The molecule has 0 aliphatic carbocycles. The van der Waals surface area contributed by atoms with Crippen LogP contribution in [-0.4, -0.2) is 46.5 Å². The van der Waals surface area contributed by atoms with E-state index in [1.165, 1.54) is 14.0 Å². The number of rotatable bonds is 4. The summed E-state index contributed by atoms with van der Waals surface area (Å²) in [5, 5.41) is 9.07. The maximum absolute atomic E-state index is 11.7. The van der Waals surface area contributed by atoms with Crippen molar-refractivity contribution in [1.29, 1.82) is 0 Å². The molecule has 0 aliphatic rings. The summed E-state index contributed by atoms with van der Waals surface area (Å²) in [7, 11) is 1.30. The van der Waals surface area contributed by atoms with Gasteiger partial charge in [0.25, 0.3) is 0 Å². The van der Waals surface area contributed by atoms with Gasteiger partial charge < -0.3 is 14.6 Å². The molecule has 0 saturated carbocycles. The third-order valence-electron chi connectivity index (χ3n) is 2.35. The van der Waals surface area contributed by atoms with Crippen molar-refractivity contribution in [3.8, 4) is 0 Å². The molecule has 0 aromatic rings. The van der Waals surface area contributed by atoms with Gasteiger partial charge in [0.2, 0.25) is 0 Å². The van der Waals surface area contributed by atoms with Crippen LogP contribution in [0.1, 0.15) is 34.1 Å². The predicted molar refractivity (Wildman–Crippen MR) is 60.7 cm³/mol. The monoisotopic (exact) mass is 245 g/mol. The molecule has 98 valence electrons. The lowest BCUT2D eigenvalue weighted by molar-refractivity contribution is -0.150. The second kappa shape index (κ2) is 5.16. The molecular formula is C11H19NO5. The molecule has 0 aliphatic heterocycles. The van der Waals surface area contributed by atoms with Gasteiger partial charge in [-0.2, -0.15) is 0 Å². The Hall–Kier alpha value is -1.59. The number of aldehydes is 1. The lowest BCUT2D eigenvalue weighted by atomic mass is 9.97. The number of carbonyl (C=O) groups excluding carboxylic acids is 2. The molecule has 6 heteroatoms. The summed E-state index contributed by atoms with van der Waals surface area (Å²) in [5.74, 6) is -1.25. The highest BCUT2D eigenvalue weighted by Gasteiger charge is 2.41. The van der Waals surface area contributed by atoms with E-state index in [2.05, 4.69) is 0 Å². The number of carbonyl (C=O) groups is 3. The van der Waals surface area contributed by atoms with E-state index in [0.29, 0.717) is 6.29 Å². The maximum atomic E-state index is 11.7. The van der Waals surface area contributed by atoms with Crippen LogP contribution in [0.3, 0.4) is 0 Å². The Labute approximate surface area is 101 Å². The van der Waals surface area contributed by atoms with Crippen LogP contribution in [0, 0.1) is 0 Å². The zero-order valence-corrected chi connectivity index (χ0v) is 10.8. The summed E-state index contributed by atoms with van der Waals surface area (Å²) < 4.78 is 5.05. The zero-order chi connectivity index (χ0) is 13.9. The van der Waals surface area contributed by atoms with Crippen molar-refractivity contribution < 1.29 is 24.2 Å². The number of amides is 1. The fourth-order valence-corrected chi connectivity index (χ4v) is 1.06. The molecule has 1 atom stereocenters. The highest BCUT2D eigenvalue weighted by atomic mass is 16.6. The van der Waals surface area contributed by atoms with Gasteiger partial charge in [-0.15, -0.1) is 0 Å². The Balaban J connectivity index is 4.97. The van der Waals surface area contributed by atoms with Gasteiger partial charge >= 0.3 is 12.1 Å². The van der Waals surface area contributed by atoms with Crippen LogP contribution in [-0.2, 0) is 14.3 Å². The Kier molecular flexibility index (Phi) is 4.68. The van der Waals surface area contributed by atoms with Gasteiger partial charge in [0, 0.05) is 13.5 Å². The molecule has 0 aromatic carbocycles. The first-order chi connectivity index (χ1) is 7.54. The molecule has 0 rings (SSSR count).